The van der Waals surface area contributed by atoms with Crippen molar-refractivity contribution >= 4 is 16.9 Å². The van der Waals surface area contributed by atoms with E-state index in [0.29, 0.717) is 0 Å². The first kappa shape index (κ1) is 23.4. The highest BCUT2D eigenvalue weighted by atomic mass is 16.1. The van der Waals surface area contributed by atoms with Crippen molar-refractivity contribution in [3.05, 3.63) is 30.1 Å². The maximum absolute atomic E-state index is 12.0. The minimum absolute atomic E-state index is 0.173. The van der Waals surface area contributed by atoms with Gasteiger partial charge < -0.3 is 9.88 Å². The maximum Gasteiger partial charge on any atom is 0.223 e. The van der Waals surface area contributed by atoms with E-state index in [1.165, 1.54) is 43.4 Å². The molecule has 0 spiro atoms. The van der Waals surface area contributed by atoms with Crippen LogP contribution in [0.1, 0.15) is 90.8 Å². The Bertz CT molecular complexity index is 718. The lowest BCUT2D eigenvalue weighted by atomic mass is 10.0. The zero-order valence-corrected chi connectivity index (χ0v) is 18.9. The number of carbonyl (C=O) groups excluding carboxylic acids is 1. The van der Waals surface area contributed by atoms with Crippen LogP contribution in [0.4, 0.5) is 0 Å². The molecule has 2 aromatic rings. The van der Waals surface area contributed by atoms with E-state index in [1.54, 1.807) is 0 Å². The van der Waals surface area contributed by atoms with Crippen molar-refractivity contribution in [3.8, 4) is 0 Å². The summed E-state index contributed by atoms with van der Waals surface area (Å²) in [6.45, 7) is 8.31. The fraction of sp³-hybridized carbons (Fsp3) is 0.680. The average molecular weight is 400 g/mol. The van der Waals surface area contributed by atoms with Crippen LogP contribution in [0.3, 0.4) is 0 Å². The zero-order valence-electron chi connectivity index (χ0n) is 18.9. The number of nitrogens with one attached hydrogen (secondary N) is 1. The molecule has 0 bridgehead atoms. The van der Waals surface area contributed by atoms with Crippen LogP contribution in [0, 0.1) is 5.92 Å². The van der Waals surface area contributed by atoms with E-state index in [0.717, 1.165) is 57.1 Å². The van der Waals surface area contributed by atoms with Gasteiger partial charge in [0.25, 0.3) is 0 Å². The second-order valence-electron chi connectivity index (χ2n) is 8.20. The smallest absolute Gasteiger partial charge is 0.223 e. The van der Waals surface area contributed by atoms with Crippen molar-refractivity contribution in [2.24, 2.45) is 5.92 Å². The average Bonchev–Trinajstić information content (AvgIpc) is 3.09. The number of imidazole rings is 1. The number of nitrogens with zero attached hydrogens (tertiary/aromatic N) is 2. The summed E-state index contributed by atoms with van der Waals surface area (Å²) >= 11 is 0. The minimum atomic E-state index is 0.173. The molecule has 2 rings (SSSR count). The molecule has 0 saturated carbocycles. The van der Waals surface area contributed by atoms with Crippen LogP contribution < -0.4 is 5.32 Å². The Morgan fingerprint density at radius 2 is 1.69 bits per heavy atom. The lowest BCUT2D eigenvalue weighted by molar-refractivity contribution is -0.125. The number of fused-ring (bicyclic) bond motifs is 1. The lowest BCUT2D eigenvalue weighted by Gasteiger charge is -2.12. The number of para-hydroxylation sites is 2. The maximum atomic E-state index is 12.0. The number of aryl methyl sites for hydroxylation is 2. The van der Waals surface area contributed by atoms with Crippen molar-refractivity contribution in [2.75, 3.05) is 6.54 Å². The predicted molar refractivity (Wildman–Crippen MR) is 123 cm³/mol. The van der Waals surface area contributed by atoms with Gasteiger partial charge in [0, 0.05) is 25.4 Å². The van der Waals surface area contributed by atoms with E-state index < -0.39 is 0 Å². The number of benzene rings is 1. The third-order valence-corrected chi connectivity index (χ3v) is 5.95. The number of hydrogen-bond acceptors (Lipinski definition) is 2. The largest absolute Gasteiger partial charge is 0.356 e. The predicted octanol–water partition coefficient (Wildman–Crippen LogP) is 6.27. The Hall–Kier alpha value is -1.84. The topological polar surface area (TPSA) is 46.9 Å². The number of unbranched alkanes of at least 4 members (excludes halogenated alkanes) is 6. The van der Waals surface area contributed by atoms with Gasteiger partial charge in [-0.25, -0.2) is 4.98 Å². The molecule has 162 valence electrons. The fourth-order valence-corrected chi connectivity index (χ4v) is 4.04. The molecule has 0 aliphatic rings. The number of rotatable bonds is 15. The van der Waals surface area contributed by atoms with Crippen LogP contribution in [0.15, 0.2) is 24.3 Å². The SMILES string of the molecule is CCCCCCCn1c(CCCCCNC(=O)C(CC)CC)nc2ccccc21. The molecule has 0 radical (unpaired) electrons. The molecule has 4 nitrogen and oxygen atoms in total. The molecule has 0 aliphatic carbocycles. The summed E-state index contributed by atoms with van der Waals surface area (Å²) in [6, 6.07) is 8.52. The monoisotopic (exact) mass is 399 g/mol. The van der Waals surface area contributed by atoms with E-state index in [-0.39, 0.29) is 11.8 Å². The molecule has 1 aromatic carbocycles. The zero-order chi connectivity index (χ0) is 20.9. The van der Waals surface area contributed by atoms with E-state index in [9.17, 15) is 4.79 Å². The van der Waals surface area contributed by atoms with Gasteiger partial charge in [0.15, 0.2) is 0 Å². The van der Waals surface area contributed by atoms with Crippen molar-refractivity contribution < 1.29 is 4.79 Å². The molecule has 1 heterocycles. The first-order chi connectivity index (χ1) is 14.2. The van der Waals surface area contributed by atoms with E-state index in [1.807, 2.05) is 0 Å². The third kappa shape index (κ3) is 7.49. The molecule has 0 fully saturated rings. The van der Waals surface area contributed by atoms with E-state index in [2.05, 4.69) is 54.9 Å². The fourth-order valence-electron chi connectivity index (χ4n) is 4.04. The van der Waals surface area contributed by atoms with Gasteiger partial charge in [0.2, 0.25) is 5.91 Å². The second-order valence-corrected chi connectivity index (χ2v) is 8.20. The molecule has 1 aromatic heterocycles. The third-order valence-electron chi connectivity index (χ3n) is 5.95. The first-order valence-electron chi connectivity index (χ1n) is 11.9. The Morgan fingerprint density at radius 1 is 0.966 bits per heavy atom. The van der Waals surface area contributed by atoms with Crippen LogP contribution in [-0.2, 0) is 17.8 Å². The second kappa shape index (κ2) is 13.4. The minimum Gasteiger partial charge on any atom is -0.356 e. The number of hydrogen-bond donors (Lipinski definition) is 1. The van der Waals surface area contributed by atoms with Gasteiger partial charge in [-0.1, -0.05) is 65.0 Å². The molecule has 29 heavy (non-hydrogen) atoms. The van der Waals surface area contributed by atoms with E-state index >= 15 is 0 Å². The van der Waals surface area contributed by atoms with Gasteiger partial charge in [-0.2, -0.15) is 0 Å². The number of amides is 1. The number of carbonyl (C=O) groups is 1. The molecule has 4 heteroatoms. The molecule has 1 N–H and O–H groups in total. The van der Waals surface area contributed by atoms with Crippen LogP contribution in [0.2, 0.25) is 0 Å². The normalized spacial score (nSPS) is 11.4. The molecule has 0 unspecified atom stereocenters. The van der Waals surface area contributed by atoms with Gasteiger partial charge in [-0.3, -0.25) is 4.79 Å². The Labute approximate surface area is 177 Å². The summed E-state index contributed by atoms with van der Waals surface area (Å²) in [5, 5.41) is 3.10. The Balaban J connectivity index is 1.80. The van der Waals surface area contributed by atoms with Gasteiger partial charge in [0.1, 0.15) is 5.82 Å². The number of aromatic nitrogens is 2. The van der Waals surface area contributed by atoms with Crippen molar-refractivity contribution in [2.45, 2.75) is 97.9 Å². The van der Waals surface area contributed by atoms with Crippen LogP contribution in [0.25, 0.3) is 11.0 Å². The van der Waals surface area contributed by atoms with Crippen molar-refractivity contribution in [1.29, 1.82) is 0 Å². The van der Waals surface area contributed by atoms with E-state index in [4.69, 9.17) is 4.98 Å². The summed E-state index contributed by atoms with van der Waals surface area (Å²) in [5.74, 6) is 1.62. The molecule has 0 atom stereocenters. The van der Waals surface area contributed by atoms with Crippen LogP contribution in [0.5, 0.6) is 0 Å². The molecule has 0 saturated heterocycles. The summed E-state index contributed by atoms with van der Waals surface area (Å²) < 4.78 is 2.44. The summed E-state index contributed by atoms with van der Waals surface area (Å²) in [7, 11) is 0. The van der Waals surface area contributed by atoms with Crippen molar-refractivity contribution in [3.63, 3.8) is 0 Å². The van der Waals surface area contributed by atoms with Crippen molar-refractivity contribution in [1.82, 2.24) is 14.9 Å². The summed E-state index contributed by atoms with van der Waals surface area (Å²) in [6.07, 6.45) is 12.7. The highest BCUT2D eigenvalue weighted by Crippen LogP contribution is 2.19. The molecular weight excluding hydrogens is 358 g/mol. The molecular formula is C25H41N3O. The van der Waals surface area contributed by atoms with Gasteiger partial charge >= 0.3 is 0 Å². The lowest BCUT2D eigenvalue weighted by Crippen LogP contribution is -2.30. The standard InChI is InChI=1S/C25H41N3O/c1-4-7-8-9-15-20-28-23-17-13-12-16-22(23)27-24(28)18-11-10-14-19-26-25(29)21(5-2)6-3/h12-13,16-17,21H,4-11,14-15,18-20H2,1-3H3,(H,26,29). The first-order valence-corrected chi connectivity index (χ1v) is 11.9. The Kier molecular flexibility index (Phi) is 10.8. The highest BCUT2D eigenvalue weighted by molar-refractivity contribution is 5.78. The van der Waals surface area contributed by atoms with Crippen LogP contribution in [-0.4, -0.2) is 22.0 Å². The van der Waals surface area contributed by atoms with Gasteiger partial charge in [-0.05, 0) is 44.2 Å². The Morgan fingerprint density at radius 3 is 2.45 bits per heavy atom. The van der Waals surface area contributed by atoms with Gasteiger partial charge in [0.05, 0.1) is 11.0 Å². The van der Waals surface area contributed by atoms with Crippen LogP contribution >= 0.6 is 0 Å². The molecule has 0 aliphatic heterocycles. The summed E-state index contributed by atoms with van der Waals surface area (Å²) in [4.78, 5) is 17.0. The quantitative estimate of drug-likeness (QED) is 0.359. The highest BCUT2D eigenvalue weighted by Gasteiger charge is 2.13. The molecule has 1 amide bonds. The van der Waals surface area contributed by atoms with Gasteiger partial charge in [-0.15, -0.1) is 0 Å². The summed E-state index contributed by atoms with van der Waals surface area (Å²) in [5.41, 5.74) is 2.39.